The highest BCUT2D eigenvalue weighted by Crippen LogP contribution is 2.32. The Morgan fingerprint density at radius 3 is 2.55 bits per heavy atom. The number of rotatable bonds is 6. The molecule has 0 spiro atoms. The second kappa shape index (κ2) is 9.85. The molecule has 3 N–H and O–H groups in total. The second-order valence-electron chi connectivity index (χ2n) is 6.17. The summed E-state index contributed by atoms with van der Waals surface area (Å²) in [6, 6.07) is 5.99. The van der Waals surface area contributed by atoms with Gasteiger partial charge in [0.15, 0.2) is 5.96 Å². The first kappa shape index (κ1) is 22.1. The lowest BCUT2D eigenvalue weighted by Crippen LogP contribution is -2.38. The molecule has 1 heterocycles. The molecule has 0 unspecified atom stereocenters. The smallest absolute Gasteiger partial charge is 0.356 e. The van der Waals surface area contributed by atoms with Crippen LogP contribution in [0.4, 0.5) is 23.4 Å². The van der Waals surface area contributed by atoms with E-state index in [0.29, 0.717) is 11.9 Å². The van der Waals surface area contributed by atoms with Crippen molar-refractivity contribution in [3.05, 3.63) is 59.0 Å². The minimum atomic E-state index is -4.67. The molecule has 0 saturated carbocycles. The lowest BCUT2D eigenvalue weighted by Gasteiger charge is -2.16. The lowest BCUT2D eigenvalue weighted by molar-refractivity contribution is -0.138. The van der Waals surface area contributed by atoms with Gasteiger partial charge in [-0.3, -0.25) is 9.79 Å². The maximum Gasteiger partial charge on any atom is 0.416 e. The van der Waals surface area contributed by atoms with Gasteiger partial charge in [0.2, 0.25) is 5.91 Å². The number of amides is 1. The van der Waals surface area contributed by atoms with Gasteiger partial charge < -0.3 is 16.0 Å². The molecule has 29 heavy (non-hydrogen) atoms. The molecule has 2 rings (SSSR count). The van der Waals surface area contributed by atoms with Gasteiger partial charge in [-0.1, -0.05) is 12.1 Å². The Morgan fingerprint density at radius 2 is 1.93 bits per heavy atom. The minimum absolute atomic E-state index is 0.0978. The van der Waals surface area contributed by atoms with Gasteiger partial charge in [0.25, 0.3) is 0 Å². The van der Waals surface area contributed by atoms with Crippen LogP contribution in [-0.2, 0) is 17.5 Å². The molecule has 10 heteroatoms. The fraction of sp³-hybridized carbons (Fsp3) is 0.316. The Morgan fingerprint density at radius 1 is 1.17 bits per heavy atom. The summed E-state index contributed by atoms with van der Waals surface area (Å²) in [6.07, 6.45) is -2.94. The zero-order valence-corrected chi connectivity index (χ0v) is 15.9. The van der Waals surface area contributed by atoms with Crippen molar-refractivity contribution in [2.24, 2.45) is 4.99 Å². The Bertz CT molecular complexity index is 866. The molecule has 156 valence electrons. The number of aliphatic imine (C=N–C) groups is 1. The predicted octanol–water partition coefficient (Wildman–Crippen LogP) is 3.24. The molecule has 1 aromatic carbocycles. The number of benzene rings is 1. The molecule has 6 nitrogen and oxygen atoms in total. The van der Waals surface area contributed by atoms with E-state index in [2.05, 4.69) is 25.9 Å². The van der Waals surface area contributed by atoms with Gasteiger partial charge in [-0.2, -0.15) is 13.2 Å². The lowest BCUT2D eigenvalue weighted by atomic mass is 10.1. The van der Waals surface area contributed by atoms with Gasteiger partial charge in [-0.25, -0.2) is 9.37 Å². The number of aromatic nitrogens is 1. The number of halogens is 4. The third-order valence-electron chi connectivity index (χ3n) is 3.87. The molecule has 0 bridgehead atoms. The maximum absolute atomic E-state index is 13.2. The van der Waals surface area contributed by atoms with E-state index in [9.17, 15) is 22.4 Å². The Labute approximate surface area is 165 Å². The van der Waals surface area contributed by atoms with Crippen LogP contribution in [0.25, 0.3) is 0 Å². The highest BCUT2D eigenvalue weighted by Gasteiger charge is 2.33. The first-order chi connectivity index (χ1) is 13.7. The van der Waals surface area contributed by atoms with E-state index in [1.807, 2.05) is 13.0 Å². The van der Waals surface area contributed by atoms with Crippen molar-refractivity contribution in [2.45, 2.75) is 26.1 Å². The first-order valence-corrected chi connectivity index (χ1v) is 8.71. The minimum Gasteiger partial charge on any atom is -0.356 e. The van der Waals surface area contributed by atoms with Crippen LogP contribution in [0.2, 0.25) is 0 Å². The van der Waals surface area contributed by atoms with Gasteiger partial charge in [-0.15, -0.1) is 0 Å². The van der Waals surface area contributed by atoms with E-state index < -0.39 is 17.6 Å². The van der Waals surface area contributed by atoms with Crippen LogP contribution in [0.15, 0.2) is 41.5 Å². The number of carbonyl (C=O) groups is 1. The second-order valence-corrected chi connectivity index (χ2v) is 6.17. The van der Waals surface area contributed by atoms with Crippen LogP contribution in [0.1, 0.15) is 23.1 Å². The SMILES string of the molecule is CN=C(NCCC(=O)Nc1ccc(C)cn1)NCc1ccc(F)cc1C(F)(F)F. The fourth-order valence-electron chi connectivity index (χ4n) is 2.41. The molecule has 0 saturated heterocycles. The van der Waals surface area contributed by atoms with Crippen molar-refractivity contribution in [3.8, 4) is 0 Å². The number of nitrogens with one attached hydrogen (secondary N) is 3. The number of carbonyl (C=O) groups excluding carboxylic acids is 1. The summed E-state index contributed by atoms with van der Waals surface area (Å²) in [6.45, 7) is 1.87. The molecule has 1 amide bonds. The van der Waals surface area contributed by atoms with E-state index in [-0.39, 0.29) is 36.9 Å². The first-order valence-electron chi connectivity index (χ1n) is 8.71. The third-order valence-corrected chi connectivity index (χ3v) is 3.87. The summed E-state index contributed by atoms with van der Waals surface area (Å²) in [5.41, 5.74) is -0.204. The normalized spacial score (nSPS) is 11.9. The molecule has 0 fully saturated rings. The van der Waals surface area contributed by atoms with Crippen molar-refractivity contribution >= 4 is 17.7 Å². The van der Waals surface area contributed by atoms with Crippen LogP contribution in [-0.4, -0.2) is 30.4 Å². The molecule has 0 aliphatic rings. The molecule has 0 aliphatic carbocycles. The topological polar surface area (TPSA) is 78.4 Å². The Kier molecular flexibility index (Phi) is 7.52. The molecule has 2 aromatic rings. The highest BCUT2D eigenvalue weighted by molar-refractivity contribution is 5.90. The van der Waals surface area contributed by atoms with Crippen LogP contribution < -0.4 is 16.0 Å². The van der Waals surface area contributed by atoms with E-state index in [4.69, 9.17) is 0 Å². The summed E-state index contributed by atoms with van der Waals surface area (Å²) in [4.78, 5) is 19.9. The predicted molar refractivity (Wildman–Crippen MR) is 102 cm³/mol. The summed E-state index contributed by atoms with van der Waals surface area (Å²) in [5, 5.41) is 8.19. The van der Waals surface area contributed by atoms with Crippen LogP contribution in [0.3, 0.4) is 0 Å². The summed E-state index contributed by atoms with van der Waals surface area (Å²) >= 11 is 0. The number of anilines is 1. The number of pyridine rings is 1. The summed E-state index contributed by atoms with van der Waals surface area (Å²) in [7, 11) is 1.45. The van der Waals surface area contributed by atoms with Gasteiger partial charge in [0, 0.05) is 32.8 Å². The standard InChI is InChI=1S/C19H21F4N5O/c1-12-3-6-16(26-10-12)28-17(29)7-8-25-18(24-2)27-11-13-4-5-14(20)9-15(13)19(21,22)23/h3-6,9-10H,7-8,11H2,1-2H3,(H2,24,25,27)(H,26,28,29). The Hall–Kier alpha value is -3.17. The van der Waals surface area contributed by atoms with Crippen LogP contribution >= 0.6 is 0 Å². The molecular formula is C19H21F4N5O. The molecule has 0 aliphatic heterocycles. The highest BCUT2D eigenvalue weighted by atomic mass is 19.4. The van der Waals surface area contributed by atoms with Gasteiger partial charge in [-0.05, 0) is 36.2 Å². The van der Waals surface area contributed by atoms with Gasteiger partial charge >= 0.3 is 6.18 Å². The fourth-order valence-corrected chi connectivity index (χ4v) is 2.41. The van der Waals surface area contributed by atoms with Crippen molar-refractivity contribution < 1.29 is 22.4 Å². The summed E-state index contributed by atoms with van der Waals surface area (Å²) in [5.74, 6) is -0.595. The number of alkyl halides is 3. The van der Waals surface area contributed by atoms with E-state index in [1.165, 1.54) is 7.05 Å². The maximum atomic E-state index is 13.2. The largest absolute Gasteiger partial charge is 0.416 e. The van der Waals surface area contributed by atoms with E-state index >= 15 is 0 Å². The number of nitrogens with zero attached hydrogens (tertiary/aromatic N) is 2. The van der Waals surface area contributed by atoms with Crippen molar-refractivity contribution in [1.29, 1.82) is 0 Å². The van der Waals surface area contributed by atoms with Crippen molar-refractivity contribution in [2.75, 3.05) is 18.9 Å². The number of hydrogen-bond donors (Lipinski definition) is 3. The number of guanidine groups is 1. The molecular weight excluding hydrogens is 390 g/mol. The third kappa shape index (κ3) is 7.05. The Balaban J connectivity index is 1.84. The summed E-state index contributed by atoms with van der Waals surface area (Å²) < 4.78 is 52.3. The van der Waals surface area contributed by atoms with Crippen LogP contribution in [0, 0.1) is 12.7 Å². The zero-order chi connectivity index (χ0) is 21.4. The van der Waals surface area contributed by atoms with Crippen LogP contribution in [0.5, 0.6) is 0 Å². The average Bonchev–Trinajstić information content (AvgIpc) is 2.66. The van der Waals surface area contributed by atoms with E-state index in [1.54, 1.807) is 12.3 Å². The molecule has 1 aromatic heterocycles. The van der Waals surface area contributed by atoms with E-state index in [0.717, 1.165) is 17.7 Å². The molecule has 0 atom stereocenters. The van der Waals surface area contributed by atoms with Crippen molar-refractivity contribution in [1.82, 2.24) is 15.6 Å². The number of hydrogen-bond acceptors (Lipinski definition) is 3. The quantitative estimate of drug-likeness (QED) is 0.387. The van der Waals surface area contributed by atoms with Crippen molar-refractivity contribution in [3.63, 3.8) is 0 Å². The average molecular weight is 411 g/mol. The monoisotopic (exact) mass is 411 g/mol. The number of aryl methyl sites for hydroxylation is 1. The van der Waals surface area contributed by atoms with Gasteiger partial charge in [0.05, 0.1) is 5.56 Å². The van der Waals surface area contributed by atoms with Gasteiger partial charge in [0.1, 0.15) is 11.6 Å². The molecule has 0 radical (unpaired) electrons. The zero-order valence-electron chi connectivity index (χ0n) is 15.9.